The summed E-state index contributed by atoms with van der Waals surface area (Å²) >= 11 is 0. The van der Waals surface area contributed by atoms with Crippen LogP contribution in [-0.4, -0.2) is 18.0 Å². The summed E-state index contributed by atoms with van der Waals surface area (Å²) in [5.41, 5.74) is 1.58. The van der Waals surface area contributed by atoms with Crippen LogP contribution < -0.4 is 10.1 Å². The second kappa shape index (κ2) is 6.00. The van der Waals surface area contributed by atoms with Gasteiger partial charge in [0.05, 0.1) is 18.7 Å². The number of nitrogens with zero attached hydrogens (tertiary/aromatic N) is 1. The average Bonchev–Trinajstić information content (AvgIpc) is 2.48. The lowest BCUT2D eigenvalue weighted by Gasteiger charge is -2.14. The zero-order valence-corrected chi connectivity index (χ0v) is 11.0. The Kier molecular flexibility index (Phi) is 4.13. The number of methoxy groups -OCH3 is 1. The van der Waals surface area contributed by atoms with Gasteiger partial charge in [-0.15, -0.1) is 0 Å². The van der Waals surface area contributed by atoms with Crippen molar-refractivity contribution >= 4 is 5.91 Å². The fourth-order valence-corrected chi connectivity index (χ4v) is 1.75. The van der Waals surface area contributed by atoms with Crippen molar-refractivity contribution in [2.75, 3.05) is 7.11 Å². The maximum absolute atomic E-state index is 12.0. The van der Waals surface area contributed by atoms with Crippen LogP contribution in [0, 0.1) is 0 Å². The molecule has 0 unspecified atom stereocenters. The van der Waals surface area contributed by atoms with Gasteiger partial charge in [-0.2, -0.15) is 0 Å². The molecule has 0 radical (unpaired) electrons. The van der Waals surface area contributed by atoms with Crippen molar-refractivity contribution in [3.8, 4) is 5.75 Å². The number of nitrogens with one attached hydrogen (secondary N) is 1. The molecule has 1 atom stereocenters. The van der Waals surface area contributed by atoms with Gasteiger partial charge in [0.15, 0.2) is 0 Å². The molecule has 2 rings (SSSR count). The number of benzene rings is 1. The number of carbonyl (C=O) groups excluding carboxylic acids is 1. The number of ether oxygens (including phenoxy) is 1. The summed E-state index contributed by atoms with van der Waals surface area (Å²) in [5.74, 6) is 0.672. The van der Waals surface area contributed by atoms with Crippen LogP contribution in [0.15, 0.2) is 48.8 Å². The predicted octanol–water partition coefficient (Wildman–Crippen LogP) is 2.58. The van der Waals surface area contributed by atoms with Gasteiger partial charge in [0.25, 0.3) is 5.91 Å². The molecule has 0 aliphatic heterocycles. The molecule has 2 aromatic rings. The number of rotatable bonds is 4. The van der Waals surface area contributed by atoms with Gasteiger partial charge in [0.1, 0.15) is 5.75 Å². The van der Waals surface area contributed by atoms with Crippen molar-refractivity contribution in [2.24, 2.45) is 0 Å². The highest BCUT2D eigenvalue weighted by atomic mass is 16.5. The summed E-state index contributed by atoms with van der Waals surface area (Å²) in [5, 5.41) is 2.93. The summed E-state index contributed by atoms with van der Waals surface area (Å²) in [6, 6.07) is 11.0. The van der Waals surface area contributed by atoms with Crippen LogP contribution in [0.5, 0.6) is 5.75 Å². The molecule has 98 valence electrons. The maximum atomic E-state index is 12.0. The zero-order chi connectivity index (χ0) is 13.7. The van der Waals surface area contributed by atoms with Crippen molar-refractivity contribution in [1.29, 1.82) is 0 Å². The van der Waals surface area contributed by atoms with E-state index in [9.17, 15) is 4.79 Å². The Morgan fingerprint density at radius 3 is 2.58 bits per heavy atom. The highest BCUT2D eigenvalue weighted by Crippen LogP contribution is 2.17. The highest BCUT2D eigenvalue weighted by molar-refractivity contribution is 5.94. The van der Waals surface area contributed by atoms with Crippen LogP contribution >= 0.6 is 0 Å². The smallest absolute Gasteiger partial charge is 0.253 e. The molecule has 0 saturated carbocycles. The molecular weight excluding hydrogens is 240 g/mol. The van der Waals surface area contributed by atoms with Gasteiger partial charge in [-0.05, 0) is 36.8 Å². The lowest BCUT2D eigenvalue weighted by molar-refractivity contribution is 0.0939. The van der Waals surface area contributed by atoms with Crippen LogP contribution in [0.25, 0.3) is 0 Å². The second-order valence-electron chi connectivity index (χ2n) is 4.21. The maximum Gasteiger partial charge on any atom is 0.253 e. The van der Waals surface area contributed by atoms with Crippen LogP contribution in [0.2, 0.25) is 0 Å². The Balaban J connectivity index is 2.04. The van der Waals surface area contributed by atoms with E-state index < -0.39 is 0 Å². The van der Waals surface area contributed by atoms with E-state index in [4.69, 9.17) is 4.74 Å². The normalized spacial score (nSPS) is 11.7. The monoisotopic (exact) mass is 256 g/mol. The lowest BCUT2D eigenvalue weighted by atomic mass is 10.1. The molecule has 19 heavy (non-hydrogen) atoms. The highest BCUT2D eigenvalue weighted by Gasteiger charge is 2.11. The minimum absolute atomic E-state index is 0.0707. The van der Waals surface area contributed by atoms with Crippen molar-refractivity contribution < 1.29 is 9.53 Å². The van der Waals surface area contributed by atoms with E-state index in [1.807, 2.05) is 31.2 Å². The Morgan fingerprint density at radius 1 is 1.26 bits per heavy atom. The first kappa shape index (κ1) is 13.1. The summed E-state index contributed by atoms with van der Waals surface area (Å²) in [4.78, 5) is 15.9. The average molecular weight is 256 g/mol. The first-order valence-corrected chi connectivity index (χ1v) is 6.05. The number of pyridine rings is 1. The van der Waals surface area contributed by atoms with Crippen molar-refractivity contribution in [1.82, 2.24) is 10.3 Å². The minimum Gasteiger partial charge on any atom is -0.497 e. The molecule has 0 spiro atoms. The molecule has 0 aliphatic carbocycles. The zero-order valence-electron chi connectivity index (χ0n) is 11.0. The summed E-state index contributed by atoms with van der Waals surface area (Å²) in [6.45, 7) is 1.94. The summed E-state index contributed by atoms with van der Waals surface area (Å²) in [6.07, 6.45) is 3.19. The molecule has 4 nitrogen and oxygen atoms in total. The number of hydrogen-bond donors (Lipinski definition) is 1. The SMILES string of the molecule is COc1ccc([C@@H](C)NC(=O)c2cccnc2)cc1. The molecule has 1 amide bonds. The molecule has 0 saturated heterocycles. The van der Waals surface area contributed by atoms with Gasteiger partial charge in [-0.1, -0.05) is 12.1 Å². The molecular formula is C15H16N2O2. The van der Waals surface area contributed by atoms with Gasteiger partial charge in [-0.3, -0.25) is 9.78 Å². The van der Waals surface area contributed by atoms with Gasteiger partial charge in [0, 0.05) is 12.4 Å². The number of carbonyl (C=O) groups is 1. The van der Waals surface area contributed by atoms with Crippen LogP contribution in [0.4, 0.5) is 0 Å². The predicted molar refractivity (Wildman–Crippen MR) is 73.1 cm³/mol. The van der Waals surface area contributed by atoms with E-state index in [1.165, 1.54) is 0 Å². The topological polar surface area (TPSA) is 51.2 Å². The fraction of sp³-hybridized carbons (Fsp3) is 0.200. The molecule has 0 aliphatic rings. The third-order valence-electron chi connectivity index (χ3n) is 2.89. The van der Waals surface area contributed by atoms with Crippen LogP contribution in [0.3, 0.4) is 0 Å². The van der Waals surface area contributed by atoms with Crippen molar-refractivity contribution in [3.63, 3.8) is 0 Å². The molecule has 1 aromatic carbocycles. The summed E-state index contributed by atoms with van der Waals surface area (Å²) in [7, 11) is 1.63. The Morgan fingerprint density at radius 2 is 2.00 bits per heavy atom. The third kappa shape index (κ3) is 3.31. The fourth-order valence-electron chi connectivity index (χ4n) is 1.75. The molecule has 0 bridgehead atoms. The van der Waals surface area contributed by atoms with Gasteiger partial charge >= 0.3 is 0 Å². The number of hydrogen-bond acceptors (Lipinski definition) is 3. The Hall–Kier alpha value is -2.36. The molecule has 0 fully saturated rings. The third-order valence-corrected chi connectivity index (χ3v) is 2.89. The molecule has 4 heteroatoms. The van der Waals surface area contributed by atoms with E-state index in [2.05, 4.69) is 10.3 Å². The van der Waals surface area contributed by atoms with E-state index in [0.29, 0.717) is 5.56 Å². The minimum atomic E-state index is -0.128. The standard InChI is InChI=1S/C15H16N2O2/c1-11(12-5-7-14(19-2)8-6-12)17-15(18)13-4-3-9-16-10-13/h3-11H,1-2H3,(H,17,18)/t11-/m1/s1. The van der Waals surface area contributed by atoms with E-state index in [-0.39, 0.29) is 11.9 Å². The Labute approximate surface area is 112 Å². The number of amides is 1. The molecule has 1 aromatic heterocycles. The number of aromatic nitrogens is 1. The van der Waals surface area contributed by atoms with Crippen LogP contribution in [0.1, 0.15) is 28.9 Å². The summed E-state index contributed by atoms with van der Waals surface area (Å²) < 4.78 is 5.10. The van der Waals surface area contributed by atoms with Gasteiger partial charge < -0.3 is 10.1 Å². The first-order chi connectivity index (χ1) is 9.20. The van der Waals surface area contributed by atoms with Gasteiger partial charge in [0.2, 0.25) is 0 Å². The van der Waals surface area contributed by atoms with E-state index in [1.54, 1.807) is 31.6 Å². The van der Waals surface area contributed by atoms with Gasteiger partial charge in [-0.25, -0.2) is 0 Å². The molecule has 1 N–H and O–H groups in total. The first-order valence-electron chi connectivity index (χ1n) is 6.05. The second-order valence-corrected chi connectivity index (χ2v) is 4.21. The van der Waals surface area contributed by atoms with E-state index in [0.717, 1.165) is 11.3 Å². The van der Waals surface area contributed by atoms with Crippen molar-refractivity contribution in [3.05, 3.63) is 59.9 Å². The van der Waals surface area contributed by atoms with Crippen molar-refractivity contribution in [2.45, 2.75) is 13.0 Å². The molecule has 1 heterocycles. The quantitative estimate of drug-likeness (QED) is 0.914. The lowest BCUT2D eigenvalue weighted by Crippen LogP contribution is -2.26. The van der Waals surface area contributed by atoms with E-state index >= 15 is 0 Å². The largest absolute Gasteiger partial charge is 0.497 e. The van der Waals surface area contributed by atoms with Crippen LogP contribution in [-0.2, 0) is 0 Å². The Bertz CT molecular complexity index is 538.